The van der Waals surface area contributed by atoms with Gasteiger partial charge in [0, 0.05) is 6.54 Å². The van der Waals surface area contributed by atoms with E-state index in [0.717, 1.165) is 11.3 Å². The van der Waals surface area contributed by atoms with Crippen LogP contribution in [0.3, 0.4) is 0 Å². The van der Waals surface area contributed by atoms with Gasteiger partial charge in [0.15, 0.2) is 5.13 Å². The van der Waals surface area contributed by atoms with Crippen molar-refractivity contribution < 1.29 is 14.4 Å². The van der Waals surface area contributed by atoms with Crippen molar-refractivity contribution in [1.82, 2.24) is 4.98 Å². The molecule has 7 nitrogen and oxygen atoms in total. The van der Waals surface area contributed by atoms with Gasteiger partial charge >= 0.3 is 5.00 Å². The topological polar surface area (TPSA) is 86.5 Å². The van der Waals surface area contributed by atoms with E-state index in [9.17, 15) is 10.1 Å². The Morgan fingerprint density at radius 3 is 3.19 bits per heavy atom. The molecule has 0 spiro atoms. The molecule has 1 N–H and O–H groups in total. The van der Waals surface area contributed by atoms with Crippen LogP contribution in [-0.4, -0.2) is 42.4 Å². The molecule has 1 aromatic heterocycles. The zero-order chi connectivity index (χ0) is 11.4. The van der Waals surface area contributed by atoms with Gasteiger partial charge in [-0.1, -0.05) is 0 Å². The number of aromatic nitrogens is 1. The lowest BCUT2D eigenvalue weighted by atomic mass is 10.3. The number of ether oxygens (including phenoxy) is 2. The quantitative estimate of drug-likeness (QED) is 0.626. The van der Waals surface area contributed by atoms with Crippen LogP contribution in [0.4, 0.5) is 10.1 Å². The molecule has 16 heavy (non-hydrogen) atoms. The van der Waals surface area contributed by atoms with Crippen LogP contribution in [-0.2, 0) is 9.47 Å². The summed E-state index contributed by atoms with van der Waals surface area (Å²) in [6.45, 7) is 2.30. The molecule has 0 aromatic carbocycles. The Morgan fingerprint density at radius 2 is 2.56 bits per heavy atom. The van der Waals surface area contributed by atoms with Crippen molar-refractivity contribution in [2.45, 2.75) is 6.10 Å². The van der Waals surface area contributed by atoms with Gasteiger partial charge in [-0.25, -0.2) is 4.98 Å². The summed E-state index contributed by atoms with van der Waals surface area (Å²) < 4.78 is 10.6. The highest BCUT2D eigenvalue weighted by Gasteiger charge is 2.16. The maximum absolute atomic E-state index is 10.4. The number of nitrogens with one attached hydrogen (secondary N) is 1. The van der Waals surface area contributed by atoms with E-state index >= 15 is 0 Å². The minimum absolute atomic E-state index is 0.0169. The summed E-state index contributed by atoms with van der Waals surface area (Å²) in [5.74, 6) is 0. The summed E-state index contributed by atoms with van der Waals surface area (Å²) in [5.41, 5.74) is 0. The SMILES string of the molecule is O=[N+]([O-])c1cnc(NCC2COCCO2)s1. The molecule has 8 heteroatoms. The normalized spacial score (nSPS) is 20.6. The fourth-order valence-corrected chi connectivity index (χ4v) is 1.93. The molecular weight excluding hydrogens is 234 g/mol. The van der Waals surface area contributed by atoms with Crippen molar-refractivity contribution in [3.63, 3.8) is 0 Å². The summed E-state index contributed by atoms with van der Waals surface area (Å²) in [7, 11) is 0. The van der Waals surface area contributed by atoms with Crippen molar-refractivity contribution in [3.8, 4) is 0 Å². The van der Waals surface area contributed by atoms with E-state index in [1.54, 1.807) is 0 Å². The van der Waals surface area contributed by atoms with Gasteiger partial charge < -0.3 is 14.8 Å². The van der Waals surface area contributed by atoms with Gasteiger partial charge in [-0.05, 0) is 11.3 Å². The van der Waals surface area contributed by atoms with E-state index in [0.29, 0.717) is 31.5 Å². The minimum Gasteiger partial charge on any atom is -0.376 e. The van der Waals surface area contributed by atoms with E-state index in [2.05, 4.69) is 10.3 Å². The fourth-order valence-electron chi connectivity index (χ4n) is 1.29. The maximum atomic E-state index is 10.4. The van der Waals surface area contributed by atoms with Gasteiger partial charge in [0.25, 0.3) is 0 Å². The predicted octanol–water partition coefficient (Wildman–Crippen LogP) is 0.879. The van der Waals surface area contributed by atoms with Crippen molar-refractivity contribution in [2.75, 3.05) is 31.7 Å². The van der Waals surface area contributed by atoms with E-state index in [1.165, 1.54) is 6.20 Å². The van der Waals surface area contributed by atoms with Crippen LogP contribution >= 0.6 is 11.3 Å². The number of anilines is 1. The molecule has 1 aliphatic heterocycles. The first-order chi connectivity index (χ1) is 7.75. The molecular formula is C8H11N3O4S. The monoisotopic (exact) mass is 245 g/mol. The molecule has 2 heterocycles. The second kappa shape index (κ2) is 5.19. The second-order valence-corrected chi connectivity index (χ2v) is 4.22. The Hall–Kier alpha value is -1.25. The van der Waals surface area contributed by atoms with E-state index < -0.39 is 4.92 Å². The molecule has 0 amide bonds. The lowest BCUT2D eigenvalue weighted by Gasteiger charge is -2.22. The number of hydrogen-bond acceptors (Lipinski definition) is 7. The smallest absolute Gasteiger partial charge is 0.345 e. The molecule has 1 fully saturated rings. The Morgan fingerprint density at radius 1 is 1.69 bits per heavy atom. The number of nitro groups is 1. The number of thiazole rings is 1. The molecule has 1 saturated heterocycles. The van der Waals surface area contributed by atoms with Crippen molar-refractivity contribution in [3.05, 3.63) is 16.3 Å². The van der Waals surface area contributed by atoms with Gasteiger partial charge in [-0.15, -0.1) is 0 Å². The minimum atomic E-state index is -0.455. The van der Waals surface area contributed by atoms with Crippen LogP contribution in [0.2, 0.25) is 0 Å². The number of rotatable bonds is 4. The maximum Gasteiger partial charge on any atom is 0.345 e. The lowest BCUT2D eigenvalue weighted by molar-refractivity contribution is -0.380. The second-order valence-electron chi connectivity index (χ2n) is 3.21. The fraction of sp³-hybridized carbons (Fsp3) is 0.625. The van der Waals surface area contributed by atoms with Gasteiger partial charge in [0.1, 0.15) is 6.20 Å². The van der Waals surface area contributed by atoms with Gasteiger partial charge in [0.05, 0.1) is 30.8 Å². The highest BCUT2D eigenvalue weighted by atomic mass is 32.1. The summed E-state index contributed by atoms with van der Waals surface area (Å²) in [6, 6.07) is 0. The highest BCUT2D eigenvalue weighted by molar-refractivity contribution is 7.18. The summed E-state index contributed by atoms with van der Waals surface area (Å²) >= 11 is 1.01. The molecule has 0 saturated carbocycles. The van der Waals surface area contributed by atoms with E-state index in [-0.39, 0.29) is 11.1 Å². The largest absolute Gasteiger partial charge is 0.376 e. The Bertz CT molecular complexity index is 364. The van der Waals surface area contributed by atoms with Crippen molar-refractivity contribution in [1.29, 1.82) is 0 Å². The Kier molecular flexibility index (Phi) is 3.65. The zero-order valence-electron chi connectivity index (χ0n) is 8.42. The number of nitrogens with zero attached hydrogens (tertiary/aromatic N) is 2. The highest BCUT2D eigenvalue weighted by Crippen LogP contribution is 2.24. The average molecular weight is 245 g/mol. The molecule has 1 aromatic rings. The first kappa shape index (κ1) is 11.2. The van der Waals surface area contributed by atoms with Crippen LogP contribution in [0.5, 0.6) is 0 Å². The summed E-state index contributed by atoms with van der Waals surface area (Å²) in [5, 5.41) is 14.0. The summed E-state index contributed by atoms with van der Waals surface area (Å²) in [4.78, 5) is 13.9. The van der Waals surface area contributed by atoms with E-state index in [1.807, 2.05) is 0 Å². The van der Waals surface area contributed by atoms with Crippen LogP contribution in [0.25, 0.3) is 0 Å². The van der Waals surface area contributed by atoms with Gasteiger partial charge in [0.2, 0.25) is 0 Å². The zero-order valence-corrected chi connectivity index (χ0v) is 9.24. The molecule has 88 valence electrons. The van der Waals surface area contributed by atoms with Gasteiger partial charge in [-0.3, -0.25) is 10.1 Å². The standard InChI is InChI=1S/C8H11N3O4S/c12-11(13)7-4-10-8(16-7)9-3-6-5-14-1-2-15-6/h4,6H,1-3,5H2,(H,9,10). The first-order valence-corrected chi connectivity index (χ1v) is 5.61. The number of hydrogen-bond donors (Lipinski definition) is 1. The lowest BCUT2D eigenvalue weighted by Crippen LogP contribution is -2.34. The van der Waals surface area contributed by atoms with Crippen LogP contribution in [0, 0.1) is 10.1 Å². The molecule has 2 rings (SSSR count). The van der Waals surface area contributed by atoms with Crippen molar-refractivity contribution in [2.24, 2.45) is 0 Å². The van der Waals surface area contributed by atoms with Crippen LogP contribution in [0.1, 0.15) is 0 Å². The molecule has 0 radical (unpaired) electrons. The molecule has 0 aliphatic carbocycles. The van der Waals surface area contributed by atoms with Crippen molar-refractivity contribution >= 4 is 21.5 Å². The molecule has 1 unspecified atom stereocenters. The Labute approximate surface area is 95.5 Å². The third-order valence-corrected chi connectivity index (χ3v) is 2.95. The molecule has 0 bridgehead atoms. The summed E-state index contributed by atoms with van der Waals surface area (Å²) in [6.07, 6.45) is 1.22. The van der Waals surface area contributed by atoms with Gasteiger partial charge in [-0.2, -0.15) is 0 Å². The molecule has 1 aliphatic rings. The van der Waals surface area contributed by atoms with Crippen LogP contribution < -0.4 is 5.32 Å². The molecule has 1 atom stereocenters. The van der Waals surface area contributed by atoms with Crippen LogP contribution in [0.15, 0.2) is 6.20 Å². The third-order valence-electron chi connectivity index (χ3n) is 2.04. The predicted molar refractivity (Wildman–Crippen MR) is 57.8 cm³/mol. The average Bonchev–Trinajstić information content (AvgIpc) is 2.76. The Balaban J connectivity index is 1.81. The first-order valence-electron chi connectivity index (χ1n) is 4.79. The van der Waals surface area contributed by atoms with E-state index in [4.69, 9.17) is 9.47 Å². The third kappa shape index (κ3) is 2.87.